The van der Waals surface area contributed by atoms with Crippen molar-refractivity contribution in [1.29, 1.82) is 5.41 Å². The predicted molar refractivity (Wildman–Crippen MR) is 116 cm³/mol. The summed E-state index contributed by atoms with van der Waals surface area (Å²) in [5.41, 5.74) is 7.71. The minimum absolute atomic E-state index is 0.222. The molecule has 3 N–H and O–H groups in total. The van der Waals surface area contributed by atoms with E-state index in [9.17, 15) is 8.76 Å². The summed E-state index contributed by atoms with van der Waals surface area (Å²) in [4.78, 5) is 18.3. The van der Waals surface area contributed by atoms with Gasteiger partial charge in [0.25, 0.3) is 0 Å². The highest BCUT2D eigenvalue weighted by atomic mass is 32.2. The molecule has 162 valence electrons. The first-order valence-electron chi connectivity index (χ1n) is 10.1. The van der Waals surface area contributed by atoms with Crippen LogP contribution in [-0.4, -0.2) is 70.2 Å². The Morgan fingerprint density at radius 3 is 2.71 bits per heavy atom. The second kappa shape index (κ2) is 7.66. The Bertz CT molecular complexity index is 1100. The van der Waals surface area contributed by atoms with Crippen molar-refractivity contribution < 1.29 is 13.5 Å². The van der Waals surface area contributed by atoms with Crippen LogP contribution in [0.25, 0.3) is 0 Å². The van der Waals surface area contributed by atoms with Gasteiger partial charge >= 0.3 is 0 Å². The first kappa shape index (κ1) is 20.0. The summed E-state index contributed by atoms with van der Waals surface area (Å²) in [6, 6.07) is 6.79. The molecule has 31 heavy (non-hydrogen) atoms. The molecule has 1 aromatic heterocycles. The van der Waals surface area contributed by atoms with Gasteiger partial charge in [-0.25, -0.2) is 4.98 Å². The number of amidine groups is 1. The molecule has 5 rings (SSSR count). The average molecular weight is 441 g/mol. The number of morpholine rings is 1. The summed E-state index contributed by atoms with van der Waals surface area (Å²) in [5, 5.41) is 8.08. The highest BCUT2D eigenvalue weighted by molar-refractivity contribution is 7.79. The van der Waals surface area contributed by atoms with Crippen molar-refractivity contribution in [1.82, 2.24) is 9.97 Å². The largest absolute Gasteiger partial charge is 0.768 e. The maximum atomic E-state index is 11.5. The van der Waals surface area contributed by atoms with E-state index in [0.717, 1.165) is 17.1 Å². The van der Waals surface area contributed by atoms with Crippen molar-refractivity contribution in [2.45, 2.75) is 16.7 Å². The van der Waals surface area contributed by atoms with Gasteiger partial charge in [0.15, 0.2) is 0 Å². The first-order valence-corrected chi connectivity index (χ1v) is 11.1. The topological polar surface area (TPSA) is 144 Å². The summed E-state index contributed by atoms with van der Waals surface area (Å²) < 4.78 is 28.4. The van der Waals surface area contributed by atoms with E-state index in [4.69, 9.17) is 25.8 Å². The van der Waals surface area contributed by atoms with E-state index < -0.39 is 16.5 Å². The van der Waals surface area contributed by atoms with Crippen molar-refractivity contribution in [3.8, 4) is 0 Å². The Balaban J connectivity index is 1.65. The van der Waals surface area contributed by atoms with Gasteiger partial charge < -0.3 is 30.2 Å². The van der Waals surface area contributed by atoms with E-state index in [1.54, 1.807) is 18.2 Å². The molecule has 3 aliphatic heterocycles. The van der Waals surface area contributed by atoms with Crippen LogP contribution in [0.3, 0.4) is 0 Å². The van der Waals surface area contributed by atoms with Gasteiger partial charge in [-0.2, -0.15) is 4.98 Å². The van der Waals surface area contributed by atoms with Crippen LogP contribution in [0.15, 0.2) is 34.2 Å². The Morgan fingerprint density at radius 1 is 1.26 bits per heavy atom. The van der Waals surface area contributed by atoms with E-state index in [0.29, 0.717) is 63.3 Å². The maximum Gasteiger partial charge on any atom is 0.227 e. The molecule has 0 bridgehead atoms. The Kier molecular flexibility index (Phi) is 4.95. The van der Waals surface area contributed by atoms with Crippen LogP contribution >= 0.6 is 0 Å². The number of nitrogens with two attached hydrogens (primary N) is 1. The molecule has 4 heterocycles. The minimum Gasteiger partial charge on any atom is -0.768 e. The third kappa shape index (κ3) is 3.20. The minimum atomic E-state index is -2.32. The number of nitrogens with one attached hydrogen (secondary N) is 1. The van der Waals surface area contributed by atoms with Gasteiger partial charge in [-0.15, -0.1) is 0 Å². The molecule has 2 aromatic rings. The molecule has 11 heteroatoms. The zero-order valence-corrected chi connectivity index (χ0v) is 17.6. The Hall–Kier alpha value is -2.89. The number of anilines is 3. The third-order valence-corrected chi connectivity index (χ3v) is 6.69. The molecule has 1 fully saturated rings. The van der Waals surface area contributed by atoms with Crippen molar-refractivity contribution in [3.05, 3.63) is 35.5 Å². The molecule has 2 atom stereocenters. The Labute approximate surface area is 181 Å². The van der Waals surface area contributed by atoms with Crippen LogP contribution in [0.5, 0.6) is 0 Å². The number of ether oxygens (including phenoxy) is 1. The smallest absolute Gasteiger partial charge is 0.227 e. The molecule has 1 aromatic carbocycles. The van der Waals surface area contributed by atoms with E-state index in [1.807, 2.05) is 11.0 Å². The normalized spacial score (nSPS) is 23.7. The van der Waals surface area contributed by atoms with Crippen LogP contribution < -0.4 is 15.5 Å². The van der Waals surface area contributed by atoms with Gasteiger partial charge in [0, 0.05) is 42.0 Å². The summed E-state index contributed by atoms with van der Waals surface area (Å²) >= 11 is -2.32. The highest BCUT2D eigenvalue weighted by Gasteiger charge is 2.46. The lowest BCUT2D eigenvalue weighted by molar-refractivity contribution is 0.122. The van der Waals surface area contributed by atoms with Crippen LogP contribution in [-0.2, 0) is 27.7 Å². The molecular formula is C20H22N7O3S-. The fourth-order valence-electron chi connectivity index (χ4n) is 4.25. The van der Waals surface area contributed by atoms with Gasteiger partial charge in [0.2, 0.25) is 5.95 Å². The van der Waals surface area contributed by atoms with E-state index in [2.05, 4.69) is 9.89 Å². The number of hydrogen-bond donors (Lipinski definition) is 2. The molecule has 2 unspecified atom stereocenters. The lowest BCUT2D eigenvalue weighted by Gasteiger charge is -2.36. The van der Waals surface area contributed by atoms with Crippen molar-refractivity contribution >= 4 is 40.6 Å². The van der Waals surface area contributed by atoms with Gasteiger partial charge in [-0.3, -0.25) is 9.20 Å². The van der Waals surface area contributed by atoms with Crippen molar-refractivity contribution in [3.63, 3.8) is 0 Å². The predicted octanol–water partition coefficient (Wildman–Crippen LogP) is 0.504. The first-order chi connectivity index (χ1) is 15.0. The second-order valence-corrected chi connectivity index (χ2v) is 8.67. The van der Waals surface area contributed by atoms with E-state index >= 15 is 0 Å². The summed E-state index contributed by atoms with van der Waals surface area (Å²) in [5.74, 6) is 1.67. The molecule has 0 radical (unpaired) electrons. The van der Waals surface area contributed by atoms with Gasteiger partial charge in [-0.05, 0) is 35.7 Å². The average Bonchev–Trinajstić information content (AvgIpc) is 3.23. The molecule has 1 saturated heterocycles. The number of nitrogens with zero attached hydrogens (tertiary/aromatic N) is 5. The van der Waals surface area contributed by atoms with E-state index in [-0.39, 0.29) is 4.90 Å². The van der Waals surface area contributed by atoms with Crippen LogP contribution in [0.4, 0.5) is 17.5 Å². The van der Waals surface area contributed by atoms with Gasteiger partial charge in [0.05, 0.1) is 25.5 Å². The highest BCUT2D eigenvalue weighted by Crippen LogP contribution is 2.41. The number of hydrogen-bond acceptors (Lipinski definition) is 10. The Morgan fingerprint density at radius 2 is 2.06 bits per heavy atom. The van der Waals surface area contributed by atoms with Crippen LogP contribution in [0.1, 0.15) is 11.3 Å². The molecule has 3 aliphatic rings. The van der Waals surface area contributed by atoms with Crippen LogP contribution in [0.2, 0.25) is 0 Å². The molecule has 0 aliphatic carbocycles. The molecular weight excluding hydrogens is 418 g/mol. The van der Waals surface area contributed by atoms with Crippen molar-refractivity contribution in [2.24, 2.45) is 10.7 Å². The maximum absolute atomic E-state index is 11.5. The van der Waals surface area contributed by atoms with Gasteiger partial charge in [0.1, 0.15) is 17.1 Å². The summed E-state index contributed by atoms with van der Waals surface area (Å²) in [6.45, 7) is 3.54. The quantitative estimate of drug-likeness (QED) is 0.505. The number of aromatic nitrogens is 2. The standard InChI is InChI=1S/C20H23N7O3S/c21-11-20(12-23-18(20)22)16-15-4-5-27(13-2-1-3-14(10-13)31(28)29)17(15)25-19(24-16)26-6-8-30-9-7-26/h1-3,10-11,21H,4-9,12H2,(H2,22,23)(H,28,29)/p-1. The summed E-state index contributed by atoms with van der Waals surface area (Å²) in [6.07, 6.45) is 1.99. The second-order valence-electron chi connectivity index (χ2n) is 7.72. The number of fused-ring (bicyclic) bond motifs is 1. The number of benzene rings is 1. The lowest BCUT2D eigenvalue weighted by atomic mass is 9.77. The third-order valence-electron chi connectivity index (χ3n) is 6.06. The fraction of sp³-hybridized carbons (Fsp3) is 0.400. The monoisotopic (exact) mass is 440 g/mol. The zero-order valence-electron chi connectivity index (χ0n) is 16.8. The van der Waals surface area contributed by atoms with Crippen LogP contribution in [0, 0.1) is 5.41 Å². The number of aliphatic imine (C=N–C) groups is 1. The molecule has 10 nitrogen and oxygen atoms in total. The molecule has 0 saturated carbocycles. The van der Waals surface area contributed by atoms with Gasteiger partial charge in [-0.1, -0.05) is 6.07 Å². The SMILES string of the molecule is N=CC1(c2nc(N3CCOCC3)nc3c2CCN3c2cccc(S(=O)[O-])c2)CN=C1N. The lowest BCUT2D eigenvalue weighted by Crippen LogP contribution is -2.53. The summed E-state index contributed by atoms with van der Waals surface area (Å²) in [7, 11) is 0. The fourth-order valence-corrected chi connectivity index (χ4v) is 4.66. The van der Waals surface area contributed by atoms with Crippen molar-refractivity contribution in [2.75, 3.05) is 49.2 Å². The van der Waals surface area contributed by atoms with E-state index in [1.165, 1.54) is 6.21 Å². The molecule has 0 amide bonds. The molecule has 0 spiro atoms. The zero-order chi connectivity index (χ0) is 21.6. The number of rotatable bonds is 5.